The van der Waals surface area contributed by atoms with Gasteiger partial charge in [-0.2, -0.15) is 13.2 Å². The zero-order valence-electron chi connectivity index (χ0n) is 13.3. The van der Waals surface area contributed by atoms with E-state index in [1.807, 2.05) is 0 Å². The molecule has 4 nitrogen and oxygen atoms in total. The van der Waals surface area contributed by atoms with Crippen LogP contribution in [0.25, 0.3) is 0 Å². The first-order valence-electron chi connectivity index (χ1n) is 6.18. The average Bonchev–Trinajstić information content (AvgIpc) is 2.10. The lowest BCUT2D eigenvalue weighted by molar-refractivity contribution is -0.123. The molecule has 0 aliphatic heterocycles. The molecule has 0 aromatic carbocycles. The highest BCUT2D eigenvalue weighted by Crippen LogP contribution is 2.57. The minimum absolute atomic E-state index is 0.296. The lowest BCUT2D eigenvalue weighted by atomic mass is 9.92. The van der Waals surface area contributed by atoms with Crippen LogP contribution < -0.4 is 0 Å². The van der Waals surface area contributed by atoms with Crippen LogP contribution in [0.1, 0.15) is 41.5 Å². The Bertz CT molecular complexity index is 498. The molecule has 1 N–H and O–H groups in total. The molecule has 1 atom stereocenters. The normalized spacial score (nSPS) is 19.0. The van der Waals surface area contributed by atoms with E-state index >= 15 is 0 Å². The first-order valence-corrected chi connectivity index (χ1v) is 9.79. The number of hydrogen-bond acceptors (Lipinski definition) is 3. The Morgan fingerprint density at radius 1 is 1.00 bits per heavy atom. The van der Waals surface area contributed by atoms with Crippen LogP contribution in [0, 0.1) is 5.41 Å². The lowest BCUT2D eigenvalue weighted by Gasteiger charge is -2.41. The molecule has 0 bridgehead atoms. The molecule has 0 fully saturated rings. The van der Waals surface area contributed by atoms with E-state index in [-0.39, 0.29) is 11.5 Å². The number of carbonyl (C=O) groups excluding carboxylic acids is 1. The number of hydrogen-bond donors (Lipinski definition) is 0. The SMILES string of the molecule is CC(C)(C)C(=O)CS(C)([OH+]S(=O)(=O)C(F)(F)F)C(C)(C)C. The number of carbonyl (C=O) groups is 1. The van der Waals surface area contributed by atoms with Gasteiger partial charge in [0.25, 0.3) is 0 Å². The van der Waals surface area contributed by atoms with Crippen LogP contribution in [0.4, 0.5) is 13.2 Å². The highest BCUT2D eigenvalue weighted by atomic mass is 32.3. The Morgan fingerprint density at radius 3 is 1.62 bits per heavy atom. The van der Waals surface area contributed by atoms with Gasteiger partial charge in [0.05, 0.1) is 10.5 Å². The van der Waals surface area contributed by atoms with Crippen molar-refractivity contribution >= 4 is 26.2 Å². The van der Waals surface area contributed by atoms with E-state index in [1.54, 1.807) is 41.5 Å². The second-order valence-electron chi connectivity index (χ2n) is 6.97. The standard InChI is InChI=1S/C12H23F3O4S2/c1-10(2,3)9(16)8-20(7,11(4,5)6)19-21(17,18)12(13,14)15/h8H2,1-7H3/p+1. The van der Waals surface area contributed by atoms with Crippen LogP contribution in [-0.2, 0) is 14.9 Å². The Balaban J connectivity index is 5.68. The highest BCUT2D eigenvalue weighted by molar-refractivity contribution is 8.33. The maximum Gasteiger partial charge on any atom is 0.572 e. The molecule has 128 valence electrons. The van der Waals surface area contributed by atoms with Gasteiger partial charge in [0, 0.05) is 11.7 Å². The van der Waals surface area contributed by atoms with Gasteiger partial charge in [0.15, 0.2) is 5.78 Å². The molecule has 0 heterocycles. The summed E-state index contributed by atoms with van der Waals surface area (Å²) < 4.78 is 62.7. The van der Waals surface area contributed by atoms with Gasteiger partial charge in [-0.1, -0.05) is 20.8 Å². The van der Waals surface area contributed by atoms with Gasteiger partial charge < -0.3 is 0 Å². The van der Waals surface area contributed by atoms with Crippen molar-refractivity contribution in [3.63, 3.8) is 0 Å². The number of rotatable bonds is 4. The molecule has 0 aromatic heterocycles. The number of Topliss-reactive ketones (excluding diaryl/α,β-unsaturated/α-hetero) is 1. The smallest absolute Gasteiger partial charge is 0.298 e. The summed E-state index contributed by atoms with van der Waals surface area (Å²) in [5.74, 6) is -0.606. The predicted octanol–water partition coefficient (Wildman–Crippen LogP) is 3.69. The summed E-state index contributed by atoms with van der Waals surface area (Å²) in [6.07, 6.45) is 1.35. The maximum atomic E-state index is 12.6. The fraction of sp³-hybridized carbons (Fsp3) is 0.917. The molecule has 21 heavy (non-hydrogen) atoms. The van der Waals surface area contributed by atoms with Crippen LogP contribution in [0.15, 0.2) is 0 Å². The Labute approximate surface area is 126 Å². The van der Waals surface area contributed by atoms with Crippen molar-refractivity contribution in [1.29, 1.82) is 0 Å². The summed E-state index contributed by atoms with van der Waals surface area (Å²) in [6.45, 7) is 9.68. The zero-order valence-corrected chi connectivity index (χ0v) is 15.0. The molecule has 0 rings (SSSR count). The molecule has 1 unspecified atom stereocenters. The van der Waals surface area contributed by atoms with Crippen LogP contribution in [0.3, 0.4) is 0 Å². The number of halogens is 3. The summed E-state index contributed by atoms with van der Waals surface area (Å²) in [5.41, 5.74) is -6.21. The van der Waals surface area contributed by atoms with Crippen LogP contribution in [0.5, 0.6) is 0 Å². The first kappa shape index (κ1) is 20.7. The van der Waals surface area contributed by atoms with Crippen LogP contribution in [-0.4, -0.2) is 40.1 Å². The largest absolute Gasteiger partial charge is 0.572 e. The summed E-state index contributed by atoms with van der Waals surface area (Å²) in [5, 5.41) is 0. The molecule has 0 aliphatic rings. The molecule has 0 spiro atoms. The van der Waals surface area contributed by atoms with Crippen LogP contribution in [0.2, 0.25) is 0 Å². The fourth-order valence-corrected chi connectivity index (χ4v) is 5.64. The molecule has 0 radical (unpaired) electrons. The monoisotopic (exact) mass is 353 g/mol. The van der Waals surface area contributed by atoms with E-state index in [0.717, 1.165) is 0 Å². The van der Waals surface area contributed by atoms with E-state index in [0.29, 0.717) is 0 Å². The van der Waals surface area contributed by atoms with Gasteiger partial charge in [-0.05, 0) is 31.1 Å². The maximum absolute atomic E-state index is 12.6. The second-order valence-corrected chi connectivity index (χ2v) is 12.6. The lowest BCUT2D eigenvalue weighted by Crippen LogP contribution is -2.41. The number of ketones is 1. The average molecular weight is 353 g/mol. The predicted molar refractivity (Wildman–Crippen MR) is 80.2 cm³/mol. The third-order valence-corrected chi connectivity index (χ3v) is 9.27. The van der Waals surface area contributed by atoms with Crippen molar-refractivity contribution in [1.82, 2.24) is 0 Å². The number of alkyl halides is 3. The van der Waals surface area contributed by atoms with Gasteiger partial charge >= 0.3 is 15.6 Å². The molecule has 9 heteroatoms. The zero-order chi connectivity index (χ0) is 17.5. The Morgan fingerprint density at radius 2 is 1.38 bits per heavy atom. The van der Waals surface area contributed by atoms with Gasteiger partial charge in [-0.3, -0.25) is 8.42 Å². The van der Waals surface area contributed by atoms with Gasteiger partial charge in [-0.15, -0.1) is 8.42 Å². The van der Waals surface area contributed by atoms with Gasteiger partial charge in [0.2, 0.25) is 0 Å². The van der Waals surface area contributed by atoms with Crippen molar-refractivity contribution in [2.75, 3.05) is 12.0 Å². The van der Waals surface area contributed by atoms with Crippen molar-refractivity contribution in [2.24, 2.45) is 5.41 Å². The molecule has 0 amide bonds. The van der Waals surface area contributed by atoms with Crippen molar-refractivity contribution in [3.8, 4) is 0 Å². The first-order chi connectivity index (χ1) is 8.83. The van der Waals surface area contributed by atoms with E-state index in [2.05, 4.69) is 3.63 Å². The van der Waals surface area contributed by atoms with E-state index in [1.165, 1.54) is 6.26 Å². The fourth-order valence-electron chi connectivity index (χ4n) is 1.09. The van der Waals surface area contributed by atoms with Crippen molar-refractivity contribution < 1.29 is 30.0 Å². The summed E-state index contributed by atoms with van der Waals surface area (Å²) in [6, 6.07) is 0. The minimum Gasteiger partial charge on any atom is -0.298 e. The van der Waals surface area contributed by atoms with Gasteiger partial charge in [0.1, 0.15) is 0 Å². The highest BCUT2D eigenvalue weighted by Gasteiger charge is 2.58. The van der Waals surface area contributed by atoms with Crippen LogP contribution >= 0.6 is 10.3 Å². The Hall–Kier alpha value is -0.280. The van der Waals surface area contributed by atoms with E-state index in [9.17, 15) is 26.4 Å². The van der Waals surface area contributed by atoms with Crippen molar-refractivity contribution in [3.05, 3.63) is 0 Å². The van der Waals surface area contributed by atoms with Crippen molar-refractivity contribution in [2.45, 2.75) is 51.8 Å². The second kappa shape index (κ2) is 5.73. The third-order valence-electron chi connectivity index (χ3n) is 3.12. The molecular formula is C12H24F3O4S2+. The molecule has 0 saturated heterocycles. The molecule has 0 saturated carbocycles. The van der Waals surface area contributed by atoms with E-state index in [4.69, 9.17) is 0 Å². The summed E-state index contributed by atoms with van der Waals surface area (Å²) >= 11 is 0. The van der Waals surface area contributed by atoms with E-state index < -0.39 is 36.1 Å². The topological polar surface area (TPSA) is 64.0 Å². The summed E-state index contributed by atoms with van der Waals surface area (Å²) in [7, 11) is -8.33. The third kappa shape index (κ3) is 5.14. The minimum atomic E-state index is -5.62. The Kier molecular flexibility index (Phi) is 5.66. The quantitative estimate of drug-likeness (QED) is 0.440. The molecular weight excluding hydrogens is 329 g/mol. The molecule has 0 aromatic rings. The van der Waals surface area contributed by atoms with Gasteiger partial charge in [-0.25, -0.2) is 0 Å². The molecule has 0 aliphatic carbocycles. The summed E-state index contributed by atoms with van der Waals surface area (Å²) in [4.78, 5) is 12.1.